The van der Waals surface area contributed by atoms with Crippen LogP contribution in [0.15, 0.2) is 94.0 Å². The first kappa shape index (κ1) is 21.0. The van der Waals surface area contributed by atoms with E-state index in [1.807, 2.05) is 66.7 Å². The van der Waals surface area contributed by atoms with Crippen molar-refractivity contribution in [3.8, 4) is 5.75 Å². The maximum Gasteiger partial charge on any atom is 0.244 e. The fourth-order valence-corrected chi connectivity index (χ4v) is 4.99. The average Bonchev–Trinajstić information content (AvgIpc) is 3.12. The molecule has 0 amide bonds. The van der Waals surface area contributed by atoms with Gasteiger partial charge in [-0.15, -0.1) is 0 Å². The molecule has 3 nitrogen and oxygen atoms in total. The second-order valence-corrected chi connectivity index (χ2v) is 9.63. The molecule has 0 saturated carbocycles. The molecule has 0 unspecified atom stereocenters. The lowest BCUT2D eigenvalue weighted by atomic mass is 10.1. The summed E-state index contributed by atoms with van der Waals surface area (Å²) in [5.41, 5.74) is 3.56. The average molecular weight is 496 g/mol. The minimum Gasteiger partial charge on any atom is -0.488 e. The Bertz CT molecular complexity index is 1100. The topological polar surface area (TPSA) is 38.7 Å². The van der Waals surface area contributed by atoms with E-state index < -0.39 is 0 Å². The van der Waals surface area contributed by atoms with Crippen LogP contribution in [0.25, 0.3) is 6.08 Å². The van der Waals surface area contributed by atoms with Gasteiger partial charge in [0.05, 0.1) is 0 Å². The van der Waals surface area contributed by atoms with Crippen molar-refractivity contribution in [1.29, 1.82) is 0 Å². The van der Waals surface area contributed by atoms with Crippen molar-refractivity contribution in [3.63, 3.8) is 0 Å². The SMILES string of the molecule is O=C1SC(SCc2ccccc2)=NC1=Cc1cc(Br)ccc1OCc1ccccc1. The zero-order chi connectivity index (χ0) is 20.8. The highest BCUT2D eigenvalue weighted by molar-refractivity contribution is 9.10. The first-order chi connectivity index (χ1) is 14.7. The van der Waals surface area contributed by atoms with Gasteiger partial charge in [-0.05, 0) is 47.2 Å². The fourth-order valence-electron chi connectivity index (χ4n) is 2.82. The maximum atomic E-state index is 12.5. The van der Waals surface area contributed by atoms with E-state index >= 15 is 0 Å². The Morgan fingerprint density at radius 3 is 2.40 bits per heavy atom. The van der Waals surface area contributed by atoms with Gasteiger partial charge in [0.1, 0.15) is 22.4 Å². The highest BCUT2D eigenvalue weighted by atomic mass is 79.9. The van der Waals surface area contributed by atoms with Crippen molar-refractivity contribution in [2.45, 2.75) is 12.4 Å². The third-order valence-corrected chi connectivity index (χ3v) is 6.88. The number of ether oxygens (including phenoxy) is 1. The Morgan fingerprint density at radius 1 is 0.967 bits per heavy atom. The molecule has 1 heterocycles. The number of thioether (sulfide) groups is 2. The summed E-state index contributed by atoms with van der Waals surface area (Å²) in [5.74, 6) is 1.50. The van der Waals surface area contributed by atoms with Crippen molar-refractivity contribution in [3.05, 3.63) is 106 Å². The molecule has 0 fully saturated rings. The number of hydrogen-bond donors (Lipinski definition) is 0. The Kier molecular flexibility index (Phi) is 7.10. The van der Waals surface area contributed by atoms with Crippen molar-refractivity contribution in [1.82, 2.24) is 0 Å². The molecular weight excluding hydrogens is 478 g/mol. The molecule has 3 aromatic rings. The van der Waals surface area contributed by atoms with Gasteiger partial charge in [0, 0.05) is 15.8 Å². The van der Waals surface area contributed by atoms with Gasteiger partial charge < -0.3 is 4.74 Å². The van der Waals surface area contributed by atoms with Crippen LogP contribution in [0.3, 0.4) is 0 Å². The molecule has 0 aliphatic carbocycles. The molecule has 0 radical (unpaired) electrons. The summed E-state index contributed by atoms with van der Waals surface area (Å²) >= 11 is 6.27. The van der Waals surface area contributed by atoms with Gasteiger partial charge in [-0.2, -0.15) is 0 Å². The smallest absolute Gasteiger partial charge is 0.244 e. The zero-order valence-electron chi connectivity index (χ0n) is 16.0. The molecule has 1 aliphatic heterocycles. The zero-order valence-corrected chi connectivity index (χ0v) is 19.2. The number of carbonyl (C=O) groups is 1. The summed E-state index contributed by atoms with van der Waals surface area (Å²) in [6.45, 7) is 0.461. The van der Waals surface area contributed by atoms with E-state index in [0.29, 0.717) is 18.1 Å². The van der Waals surface area contributed by atoms with E-state index in [9.17, 15) is 4.79 Å². The molecule has 6 heteroatoms. The van der Waals surface area contributed by atoms with E-state index in [1.54, 1.807) is 17.8 Å². The van der Waals surface area contributed by atoms with Gasteiger partial charge in [0.2, 0.25) is 5.12 Å². The second kappa shape index (κ2) is 10.2. The van der Waals surface area contributed by atoms with Crippen LogP contribution >= 0.6 is 39.5 Å². The number of rotatable bonds is 6. The summed E-state index contributed by atoms with van der Waals surface area (Å²) in [6.07, 6.45) is 1.80. The molecule has 4 rings (SSSR count). The van der Waals surface area contributed by atoms with Gasteiger partial charge >= 0.3 is 0 Å². The number of carbonyl (C=O) groups excluding carboxylic acids is 1. The molecule has 3 aromatic carbocycles. The summed E-state index contributed by atoms with van der Waals surface area (Å²) in [4.78, 5) is 17.0. The molecule has 150 valence electrons. The highest BCUT2D eigenvalue weighted by Crippen LogP contribution is 2.34. The lowest BCUT2D eigenvalue weighted by molar-refractivity contribution is -0.107. The molecule has 30 heavy (non-hydrogen) atoms. The first-order valence-corrected chi connectivity index (χ1v) is 11.9. The molecule has 0 bridgehead atoms. The summed E-state index contributed by atoms with van der Waals surface area (Å²) in [7, 11) is 0. The van der Waals surface area contributed by atoms with E-state index in [-0.39, 0.29) is 5.12 Å². The van der Waals surface area contributed by atoms with Crippen LogP contribution in [0, 0.1) is 0 Å². The number of halogens is 1. The molecule has 1 aliphatic rings. The van der Waals surface area contributed by atoms with Crippen LogP contribution in [0.1, 0.15) is 16.7 Å². The van der Waals surface area contributed by atoms with E-state index in [2.05, 4.69) is 33.1 Å². The molecule has 0 aromatic heterocycles. The molecule has 0 spiro atoms. The predicted octanol–water partition coefficient (Wildman–Crippen LogP) is 6.93. The number of nitrogens with zero attached hydrogens (tertiary/aromatic N) is 1. The Labute approximate surface area is 192 Å². The van der Waals surface area contributed by atoms with Gasteiger partial charge in [-0.3, -0.25) is 4.79 Å². The van der Waals surface area contributed by atoms with Crippen LogP contribution in [-0.4, -0.2) is 9.49 Å². The first-order valence-electron chi connectivity index (χ1n) is 9.33. The van der Waals surface area contributed by atoms with Crippen molar-refractivity contribution >= 4 is 55.0 Å². The van der Waals surface area contributed by atoms with Gasteiger partial charge in [-0.1, -0.05) is 88.4 Å². The minimum absolute atomic E-state index is 0.0421. The predicted molar refractivity (Wildman–Crippen MR) is 131 cm³/mol. The lowest BCUT2D eigenvalue weighted by Crippen LogP contribution is -1.97. The normalized spacial score (nSPS) is 14.8. The standard InChI is InChI=1S/C24H18BrNO2S2/c25-20-11-12-22(28-15-17-7-3-1-4-8-17)19(13-20)14-21-23(27)30-24(26-21)29-16-18-9-5-2-6-10-18/h1-14H,15-16H2. The Morgan fingerprint density at radius 2 is 1.67 bits per heavy atom. The summed E-state index contributed by atoms with van der Waals surface area (Å²) in [5, 5.41) is -0.0421. The van der Waals surface area contributed by atoms with E-state index in [4.69, 9.17) is 4.74 Å². The van der Waals surface area contributed by atoms with E-state index in [1.165, 1.54) is 17.3 Å². The van der Waals surface area contributed by atoms with Crippen LogP contribution < -0.4 is 4.74 Å². The van der Waals surface area contributed by atoms with Crippen molar-refractivity contribution in [2.75, 3.05) is 0 Å². The van der Waals surface area contributed by atoms with Crippen LogP contribution in [-0.2, 0) is 17.2 Å². The van der Waals surface area contributed by atoms with Crippen LogP contribution in [0.2, 0.25) is 0 Å². The Hall–Kier alpha value is -2.28. The maximum absolute atomic E-state index is 12.5. The Balaban J connectivity index is 1.50. The van der Waals surface area contributed by atoms with E-state index in [0.717, 1.165) is 25.7 Å². The monoisotopic (exact) mass is 495 g/mol. The molecule has 0 atom stereocenters. The largest absolute Gasteiger partial charge is 0.488 e. The van der Waals surface area contributed by atoms with Gasteiger partial charge in [0.25, 0.3) is 0 Å². The third kappa shape index (κ3) is 5.65. The summed E-state index contributed by atoms with van der Waals surface area (Å²) < 4.78 is 7.71. The third-order valence-electron chi connectivity index (χ3n) is 4.31. The number of aliphatic imine (C=N–C) groups is 1. The minimum atomic E-state index is -0.0421. The van der Waals surface area contributed by atoms with Gasteiger partial charge in [0.15, 0.2) is 0 Å². The quantitative estimate of drug-likeness (QED) is 0.347. The number of hydrogen-bond acceptors (Lipinski definition) is 5. The highest BCUT2D eigenvalue weighted by Gasteiger charge is 2.23. The van der Waals surface area contributed by atoms with Crippen molar-refractivity contribution < 1.29 is 9.53 Å². The molecular formula is C24H18BrNO2S2. The fraction of sp³-hybridized carbons (Fsp3) is 0.0833. The molecule has 0 saturated heterocycles. The number of benzene rings is 3. The van der Waals surface area contributed by atoms with Crippen LogP contribution in [0.4, 0.5) is 0 Å². The summed E-state index contributed by atoms with van der Waals surface area (Å²) in [6, 6.07) is 25.9. The lowest BCUT2D eigenvalue weighted by Gasteiger charge is -2.10. The van der Waals surface area contributed by atoms with Gasteiger partial charge in [-0.25, -0.2) is 4.99 Å². The van der Waals surface area contributed by atoms with Crippen LogP contribution in [0.5, 0.6) is 5.75 Å². The second-order valence-electron chi connectivity index (χ2n) is 6.53. The molecule has 0 N–H and O–H groups in total. The van der Waals surface area contributed by atoms with Crippen molar-refractivity contribution in [2.24, 2.45) is 4.99 Å².